The Labute approximate surface area is 84.4 Å². The molecule has 0 aliphatic rings. The van der Waals surface area contributed by atoms with Crippen LogP contribution in [0.4, 0.5) is 0 Å². The van der Waals surface area contributed by atoms with Gasteiger partial charge in [0.2, 0.25) is 0 Å². The van der Waals surface area contributed by atoms with Crippen molar-refractivity contribution in [3.05, 3.63) is 22.4 Å². The summed E-state index contributed by atoms with van der Waals surface area (Å²) in [4.78, 5) is 0. The van der Waals surface area contributed by atoms with Crippen molar-refractivity contribution in [2.45, 2.75) is 39.2 Å². The van der Waals surface area contributed by atoms with Crippen molar-refractivity contribution in [1.29, 1.82) is 0 Å². The standard InChI is InChI=1S/C11H18OS/c1-3-4-9(2)11(12)7-10-5-6-13-8-10/h5-6,8-9,11-12H,3-4,7H2,1-2H3. The van der Waals surface area contributed by atoms with E-state index >= 15 is 0 Å². The maximum atomic E-state index is 9.83. The third-order valence-electron chi connectivity index (χ3n) is 2.43. The Morgan fingerprint density at radius 3 is 2.85 bits per heavy atom. The molecule has 0 saturated heterocycles. The first-order chi connectivity index (χ1) is 6.24. The molecule has 13 heavy (non-hydrogen) atoms. The van der Waals surface area contributed by atoms with Gasteiger partial charge in [0.05, 0.1) is 6.10 Å². The highest BCUT2D eigenvalue weighted by molar-refractivity contribution is 7.07. The van der Waals surface area contributed by atoms with E-state index in [-0.39, 0.29) is 6.10 Å². The zero-order valence-corrected chi connectivity index (χ0v) is 9.18. The van der Waals surface area contributed by atoms with Gasteiger partial charge in [-0.3, -0.25) is 0 Å². The SMILES string of the molecule is CCCC(C)C(O)Cc1ccsc1. The summed E-state index contributed by atoms with van der Waals surface area (Å²) < 4.78 is 0. The summed E-state index contributed by atoms with van der Waals surface area (Å²) in [5, 5.41) is 14.0. The summed E-state index contributed by atoms with van der Waals surface area (Å²) in [5.41, 5.74) is 1.26. The zero-order chi connectivity index (χ0) is 9.68. The maximum absolute atomic E-state index is 9.83. The van der Waals surface area contributed by atoms with Crippen LogP contribution in [0.25, 0.3) is 0 Å². The van der Waals surface area contributed by atoms with Gasteiger partial charge >= 0.3 is 0 Å². The third kappa shape index (κ3) is 3.49. The third-order valence-corrected chi connectivity index (χ3v) is 3.16. The molecule has 0 spiro atoms. The lowest BCUT2D eigenvalue weighted by atomic mass is 9.95. The number of aliphatic hydroxyl groups is 1. The molecule has 2 heteroatoms. The average molecular weight is 198 g/mol. The fourth-order valence-electron chi connectivity index (χ4n) is 1.50. The van der Waals surface area contributed by atoms with E-state index in [9.17, 15) is 5.11 Å². The van der Waals surface area contributed by atoms with Crippen LogP contribution in [0.1, 0.15) is 32.3 Å². The van der Waals surface area contributed by atoms with E-state index < -0.39 is 0 Å². The van der Waals surface area contributed by atoms with Crippen molar-refractivity contribution in [3.63, 3.8) is 0 Å². The van der Waals surface area contributed by atoms with Crippen LogP contribution in [0.2, 0.25) is 0 Å². The molecule has 1 nitrogen and oxygen atoms in total. The summed E-state index contributed by atoms with van der Waals surface area (Å²) in [7, 11) is 0. The van der Waals surface area contributed by atoms with Gasteiger partial charge in [-0.1, -0.05) is 20.3 Å². The minimum Gasteiger partial charge on any atom is -0.393 e. The quantitative estimate of drug-likeness (QED) is 0.771. The van der Waals surface area contributed by atoms with Gasteiger partial charge in [0, 0.05) is 0 Å². The Morgan fingerprint density at radius 1 is 1.54 bits per heavy atom. The number of hydrogen-bond donors (Lipinski definition) is 1. The van der Waals surface area contributed by atoms with E-state index in [2.05, 4.69) is 30.7 Å². The molecule has 0 saturated carbocycles. The Morgan fingerprint density at radius 2 is 2.31 bits per heavy atom. The van der Waals surface area contributed by atoms with Crippen LogP contribution in [0.3, 0.4) is 0 Å². The Bertz CT molecular complexity index is 218. The first-order valence-corrected chi connectivity index (χ1v) is 5.87. The van der Waals surface area contributed by atoms with Gasteiger partial charge < -0.3 is 5.11 Å². The molecule has 0 bridgehead atoms. The van der Waals surface area contributed by atoms with Crippen LogP contribution >= 0.6 is 11.3 Å². The molecule has 0 aliphatic carbocycles. The van der Waals surface area contributed by atoms with Gasteiger partial charge in [-0.2, -0.15) is 11.3 Å². The highest BCUT2D eigenvalue weighted by atomic mass is 32.1. The predicted molar refractivity (Wildman–Crippen MR) is 58.1 cm³/mol. The molecule has 0 amide bonds. The van der Waals surface area contributed by atoms with Crippen LogP contribution in [0.5, 0.6) is 0 Å². The van der Waals surface area contributed by atoms with Gasteiger partial charge in [-0.25, -0.2) is 0 Å². The molecule has 2 unspecified atom stereocenters. The molecule has 1 aromatic heterocycles. The molecule has 74 valence electrons. The van der Waals surface area contributed by atoms with Gasteiger partial charge in [-0.15, -0.1) is 0 Å². The van der Waals surface area contributed by atoms with Gasteiger partial charge in [0.15, 0.2) is 0 Å². The van der Waals surface area contributed by atoms with Crippen LogP contribution < -0.4 is 0 Å². The van der Waals surface area contributed by atoms with Crippen LogP contribution in [-0.2, 0) is 6.42 Å². The van der Waals surface area contributed by atoms with Gasteiger partial charge in [0.25, 0.3) is 0 Å². The average Bonchev–Trinajstić information content (AvgIpc) is 2.57. The van der Waals surface area contributed by atoms with E-state index in [1.807, 2.05) is 0 Å². The van der Waals surface area contributed by atoms with Gasteiger partial charge in [-0.05, 0) is 41.1 Å². The smallest absolute Gasteiger partial charge is 0.0606 e. The number of thiophene rings is 1. The summed E-state index contributed by atoms with van der Waals surface area (Å²) in [6.07, 6.45) is 2.91. The molecule has 2 atom stereocenters. The fourth-order valence-corrected chi connectivity index (χ4v) is 2.18. The predicted octanol–water partition coefficient (Wildman–Crippen LogP) is 3.09. The summed E-state index contributed by atoms with van der Waals surface area (Å²) in [5.74, 6) is 0.421. The second-order valence-corrected chi connectivity index (χ2v) is 4.45. The Hall–Kier alpha value is -0.340. The van der Waals surface area contributed by atoms with Crippen molar-refractivity contribution in [1.82, 2.24) is 0 Å². The van der Waals surface area contributed by atoms with E-state index in [4.69, 9.17) is 0 Å². The molecular weight excluding hydrogens is 180 g/mol. The molecule has 1 rings (SSSR count). The Balaban J connectivity index is 2.36. The van der Waals surface area contributed by atoms with E-state index in [1.54, 1.807) is 11.3 Å². The van der Waals surface area contributed by atoms with Gasteiger partial charge in [0.1, 0.15) is 0 Å². The monoisotopic (exact) mass is 198 g/mol. The minimum atomic E-state index is -0.172. The van der Waals surface area contributed by atoms with Crippen molar-refractivity contribution in [3.8, 4) is 0 Å². The van der Waals surface area contributed by atoms with E-state index in [0.29, 0.717) is 5.92 Å². The molecule has 1 N–H and O–H groups in total. The van der Waals surface area contributed by atoms with E-state index in [1.165, 1.54) is 5.56 Å². The maximum Gasteiger partial charge on any atom is 0.0606 e. The van der Waals surface area contributed by atoms with E-state index in [0.717, 1.165) is 19.3 Å². The second-order valence-electron chi connectivity index (χ2n) is 3.67. The van der Waals surface area contributed by atoms with Crippen molar-refractivity contribution in [2.75, 3.05) is 0 Å². The molecule has 1 aromatic rings. The highest BCUT2D eigenvalue weighted by Gasteiger charge is 2.13. The minimum absolute atomic E-state index is 0.172. The van der Waals surface area contributed by atoms with Crippen LogP contribution in [0.15, 0.2) is 16.8 Å². The molecular formula is C11H18OS. The van der Waals surface area contributed by atoms with Crippen molar-refractivity contribution in [2.24, 2.45) is 5.92 Å². The lowest BCUT2D eigenvalue weighted by molar-refractivity contribution is 0.112. The number of rotatable bonds is 5. The zero-order valence-electron chi connectivity index (χ0n) is 8.36. The molecule has 1 heterocycles. The number of aliphatic hydroxyl groups excluding tert-OH is 1. The van der Waals surface area contributed by atoms with Crippen LogP contribution in [-0.4, -0.2) is 11.2 Å². The van der Waals surface area contributed by atoms with Crippen LogP contribution in [0, 0.1) is 5.92 Å². The summed E-state index contributed by atoms with van der Waals surface area (Å²) in [6.45, 7) is 4.29. The molecule has 0 aliphatic heterocycles. The second kappa shape index (κ2) is 5.40. The lowest BCUT2D eigenvalue weighted by Crippen LogP contribution is -2.19. The summed E-state index contributed by atoms with van der Waals surface area (Å²) >= 11 is 1.70. The molecule has 0 fully saturated rings. The molecule has 0 radical (unpaired) electrons. The fraction of sp³-hybridized carbons (Fsp3) is 0.636. The normalized spacial score (nSPS) is 15.6. The molecule has 0 aromatic carbocycles. The first-order valence-electron chi connectivity index (χ1n) is 4.93. The number of hydrogen-bond acceptors (Lipinski definition) is 2. The highest BCUT2D eigenvalue weighted by Crippen LogP contribution is 2.16. The van der Waals surface area contributed by atoms with Crippen molar-refractivity contribution < 1.29 is 5.11 Å². The first kappa shape index (κ1) is 10.7. The lowest BCUT2D eigenvalue weighted by Gasteiger charge is -2.17. The topological polar surface area (TPSA) is 20.2 Å². The Kier molecular flexibility index (Phi) is 4.46. The van der Waals surface area contributed by atoms with Crippen molar-refractivity contribution >= 4 is 11.3 Å². The summed E-state index contributed by atoms with van der Waals surface area (Å²) in [6, 6.07) is 2.09. The largest absolute Gasteiger partial charge is 0.393 e.